The number of ether oxygens (including phenoxy) is 1. The van der Waals surface area contributed by atoms with Crippen LogP contribution in [0.25, 0.3) is 0 Å². The van der Waals surface area contributed by atoms with Crippen molar-refractivity contribution in [1.29, 1.82) is 0 Å². The molecule has 0 saturated carbocycles. The molecule has 0 spiro atoms. The van der Waals surface area contributed by atoms with Crippen LogP contribution < -0.4 is 10.1 Å². The molecule has 0 radical (unpaired) electrons. The molecule has 0 aliphatic carbocycles. The highest BCUT2D eigenvalue weighted by Gasteiger charge is 2.23. The van der Waals surface area contributed by atoms with Gasteiger partial charge in [-0.25, -0.2) is 8.42 Å². The van der Waals surface area contributed by atoms with Gasteiger partial charge >= 0.3 is 0 Å². The lowest BCUT2D eigenvalue weighted by Crippen LogP contribution is -2.33. The van der Waals surface area contributed by atoms with E-state index in [4.69, 9.17) is 16.3 Å². The van der Waals surface area contributed by atoms with Crippen molar-refractivity contribution in [1.82, 2.24) is 9.62 Å². The Morgan fingerprint density at radius 3 is 1.97 bits per heavy atom. The summed E-state index contributed by atoms with van der Waals surface area (Å²) in [5.41, 5.74) is 1.89. The molecule has 0 saturated heterocycles. The quantitative estimate of drug-likeness (QED) is 0.452. The molecule has 6 nitrogen and oxygen atoms in total. The molecular formula is C25H27ClN2O4S. The van der Waals surface area contributed by atoms with Gasteiger partial charge in [-0.05, 0) is 29.3 Å². The van der Waals surface area contributed by atoms with Crippen molar-refractivity contribution in [2.75, 3.05) is 19.7 Å². The molecule has 0 aromatic heterocycles. The summed E-state index contributed by atoms with van der Waals surface area (Å²) >= 11 is 6.27. The Morgan fingerprint density at radius 2 is 1.48 bits per heavy atom. The largest absolute Gasteiger partial charge is 0.482 e. The van der Waals surface area contributed by atoms with E-state index in [1.165, 1.54) is 22.5 Å². The highest BCUT2D eigenvalue weighted by molar-refractivity contribution is 7.89. The highest BCUT2D eigenvalue weighted by Crippen LogP contribution is 2.29. The first-order valence-corrected chi connectivity index (χ1v) is 12.5. The van der Waals surface area contributed by atoms with E-state index in [9.17, 15) is 13.2 Å². The number of nitrogens with zero attached hydrogens (tertiary/aromatic N) is 1. The third kappa shape index (κ3) is 6.13. The van der Waals surface area contributed by atoms with E-state index >= 15 is 0 Å². The van der Waals surface area contributed by atoms with Crippen LogP contribution in [-0.2, 0) is 14.8 Å². The Kier molecular flexibility index (Phi) is 8.49. The molecule has 0 aliphatic rings. The van der Waals surface area contributed by atoms with Crippen LogP contribution >= 0.6 is 11.6 Å². The third-order valence-corrected chi connectivity index (χ3v) is 7.52. The number of benzene rings is 3. The van der Waals surface area contributed by atoms with Crippen LogP contribution in [0.4, 0.5) is 0 Å². The zero-order chi connectivity index (χ0) is 23.8. The predicted octanol–water partition coefficient (Wildman–Crippen LogP) is 4.66. The molecule has 0 fully saturated rings. The second-order valence-electron chi connectivity index (χ2n) is 7.29. The van der Waals surface area contributed by atoms with E-state index in [2.05, 4.69) is 5.32 Å². The summed E-state index contributed by atoms with van der Waals surface area (Å²) in [7, 11) is -3.63. The monoisotopic (exact) mass is 486 g/mol. The maximum atomic E-state index is 12.7. The van der Waals surface area contributed by atoms with Crippen molar-refractivity contribution < 1.29 is 17.9 Å². The van der Waals surface area contributed by atoms with Gasteiger partial charge in [-0.15, -0.1) is 0 Å². The minimum atomic E-state index is -3.63. The van der Waals surface area contributed by atoms with Crippen LogP contribution in [0.3, 0.4) is 0 Å². The number of sulfonamides is 1. The van der Waals surface area contributed by atoms with Crippen molar-refractivity contribution in [2.24, 2.45) is 0 Å². The van der Waals surface area contributed by atoms with Crippen molar-refractivity contribution in [3.05, 3.63) is 95.0 Å². The molecule has 0 heterocycles. The molecule has 3 rings (SSSR count). The number of hydrogen-bond acceptors (Lipinski definition) is 4. The van der Waals surface area contributed by atoms with Gasteiger partial charge in [0.25, 0.3) is 5.91 Å². The summed E-state index contributed by atoms with van der Waals surface area (Å²) in [6, 6.07) is 23.2. The lowest BCUT2D eigenvalue weighted by atomic mass is 9.99. The first-order valence-electron chi connectivity index (χ1n) is 10.7. The normalized spacial score (nSPS) is 11.5. The van der Waals surface area contributed by atoms with Gasteiger partial charge in [-0.3, -0.25) is 4.79 Å². The molecule has 1 N–H and O–H groups in total. The van der Waals surface area contributed by atoms with E-state index in [0.29, 0.717) is 13.1 Å². The van der Waals surface area contributed by atoms with E-state index < -0.39 is 10.0 Å². The minimum absolute atomic E-state index is 0.0845. The Hall–Kier alpha value is -2.87. The summed E-state index contributed by atoms with van der Waals surface area (Å²) in [5, 5.41) is 3.12. The number of hydrogen-bond donors (Lipinski definition) is 1. The number of carbonyl (C=O) groups excluding carboxylic acids is 1. The van der Waals surface area contributed by atoms with Gasteiger partial charge in [-0.2, -0.15) is 4.31 Å². The lowest BCUT2D eigenvalue weighted by molar-refractivity contribution is -0.123. The number of carbonyl (C=O) groups is 1. The number of nitrogens with one attached hydrogen (secondary N) is 1. The Bertz CT molecular complexity index is 1130. The van der Waals surface area contributed by atoms with Gasteiger partial charge in [-0.1, -0.05) is 86.1 Å². The standard InChI is InChI=1S/C25H27ClN2O4S/c1-3-28(4-2)33(30,31)21-15-16-23(22(26)17-21)32-18-24(29)27-25(19-11-7-5-8-12-19)20-13-9-6-10-14-20/h5-17,25H,3-4,18H2,1-2H3,(H,27,29). The first-order chi connectivity index (χ1) is 15.9. The summed E-state index contributed by atoms with van der Waals surface area (Å²) in [6.07, 6.45) is 0. The molecule has 8 heteroatoms. The van der Waals surface area contributed by atoms with Gasteiger partial charge in [0.2, 0.25) is 10.0 Å². The molecule has 0 bridgehead atoms. The van der Waals surface area contributed by atoms with Crippen LogP contribution in [-0.4, -0.2) is 38.3 Å². The van der Waals surface area contributed by atoms with E-state index in [1.807, 2.05) is 60.7 Å². The van der Waals surface area contributed by atoms with Gasteiger partial charge in [0.1, 0.15) is 5.75 Å². The molecule has 0 unspecified atom stereocenters. The van der Waals surface area contributed by atoms with Gasteiger partial charge < -0.3 is 10.1 Å². The molecule has 3 aromatic carbocycles. The number of amides is 1. The van der Waals surface area contributed by atoms with Crippen LogP contribution in [0.2, 0.25) is 5.02 Å². The fourth-order valence-corrected chi connectivity index (χ4v) is 5.25. The SMILES string of the molecule is CCN(CC)S(=O)(=O)c1ccc(OCC(=O)NC(c2ccccc2)c2ccccc2)c(Cl)c1. The lowest BCUT2D eigenvalue weighted by Gasteiger charge is -2.20. The van der Waals surface area contributed by atoms with Crippen LogP contribution in [0.5, 0.6) is 5.75 Å². The zero-order valence-electron chi connectivity index (χ0n) is 18.6. The van der Waals surface area contributed by atoms with Crippen molar-refractivity contribution in [2.45, 2.75) is 24.8 Å². The van der Waals surface area contributed by atoms with Crippen LogP contribution in [0, 0.1) is 0 Å². The van der Waals surface area contributed by atoms with Crippen molar-refractivity contribution in [3.8, 4) is 5.75 Å². The second-order valence-corrected chi connectivity index (χ2v) is 9.64. The zero-order valence-corrected chi connectivity index (χ0v) is 20.1. The maximum absolute atomic E-state index is 12.7. The summed E-state index contributed by atoms with van der Waals surface area (Å²) < 4.78 is 32.3. The van der Waals surface area contributed by atoms with Gasteiger partial charge in [0, 0.05) is 13.1 Å². The molecule has 3 aromatic rings. The van der Waals surface area contributed by atoms with Gasteiger partial charge in [0.05, 0.1) is 16.0 Å². The van der Waals surface area contributed by atoms with Crippen LogP contribution in [0.15, 0.2) is 83.8 Å². The molecule has 33 heavy (non-hydrogen) atoms. The fraction of sp³-hybridized carbons (Fsp3) is 0.240. The third-order valence-electron chi connectivity index (χ3n) is 5.18. The average molecular weight is 487 g/mol. The molecule has 1 amide bonds. The highest BCUT2D eigenvalue weighted by atomic mass is 35.5. The Morgan fingerprint density at radius 1 is 0.939 bits per heavy atom. The summed E-state index contributed by atoms with van der Waals surface area (Å²) in [6.45, 7) is 4.00. The number of halogens is 1. The molecule has 174 valence electrons. The summed E-state index contributed by atoms with van der Waals surface area (Å²) in [5.74, 6) is -0.0927. The summed E-state index contributed by atoms with van der Waals surface area (Å²) in [4.78, 5) is 12.8. The van der Waals surface area contributed by atoms with E-state index in [1.54, 1.807) is 13.8 Å². The van der Waals surface area contributed by atoms with Crippen LogP contribution in [0.1, 0.15) is 31.0 Å². The maximum Gasteiger partial charge on any atom is 0.258 e. The second kappa shape index (κ2) is 11.3. The topological polar surface area (TPSA) is 75.7 Å². The average Bonchev–Trinajstić information content (AvgIpc) is 2.83. The van der Waals surface area contributed by atoms with E-state index in [0.717, 1.165) is 11.1 Å². The van der Waals surface area contributed by atoms with Crippen molar-refractivity contribution in [3.63, 3.8) is 0 Å². The van der Waals surface area contributed by atoms with E-state index in [-0.39, 0.29) is 34.2 Å². The first kappa shape index (κ1) is 24.8. The minimum Gasteiger partial charge on any atom is -0.482 e. The Labute approximate surface area is 200 Å². The fourth-order valence-electron chi connectivity index (χ4n) is 3.47. The molecule has 0 atom stereocenters. The molecule has 0 aliphatic heterocycles. The Balaban J connectivity index is 1.71. The smallest absolute Gasteiger partial charge is 0.258 e. The predicted molar refractivity (Wildman–Crippen MR) is 130 cm³/mol. The van der Waals surface area contributed by atoms with Crippen molar-refractivity contribution >= 4 is 27.5 Å². The van der Waals surface area contributed by atoms with Gasteiger partial charge in [0.15, 0.2) is 6.61 Å². The molecular weight excluding hydrogens is 460 g/mol. The number of rotatable bonds is 10.